The molecule has 0 saturated heterocycles. The number of amides is 4. The van der Waals surface area contributed by atoms with Gasteiger partial charge in [0.1, 0.15) is 23.3 Å². The number of benzene rings is 4. The van der Waals surface area contributed by atoms with Gasteiger partial charge < -0.3 is 35.5 Å². The summed E-state index contributed by atoms with van der Waals surface area (Å²) in [6.45, 7) is 14.6. The van der Waals surface area contributed by atoms with Crippen LogP contribution in [0.15, 0.2) is 97.1 Å². The van der Waals surface area contributed by atoms with Crippen molar-refractivity contribution in [1.82, 2.24) is 10.6 Å². The van der Waals surface area contributed by atoms with Crippen LogP contribution in [0.1, 0.15) is 77.6 Å². The second-order valence-electron chi connectivity index (χ2n) is 15.8. The highest BCUT2D eigenvalue weighted by Gasteiger charge is 2.38. The van der Waals surface area contributed by atoms with Crippen molar-refractivity contribution in [2.75, 3.05) is 10.6 Å². The Bertz CT molecular complexity index is 1840. The van der Waals surface area contributed by atoms with Crippen LogP contribution in [0.3, 0.4) is 0 Å². The van der Waals surface area contributed by atoms with Crippen LogP contribution in [-0.4, -0.2) is 47.3 Å². The molecule has 4 amide bonds. The van der Waals surface area contributed by atoms with E-state index < -0.39 is 52.7 Å². The number of anilines is 2. The fourth-order valence-corrected chi connectivity index (χ4v) is 6.18. The number of hydrogen-bond donors (Lipinski definition) is 4. The zero-order chi connectivity index (χ0) is 39.3. The van der Waals surface area contributed by atoms with E-state index in [4.69, 9.17) is 14.2 Å². The van der Waals surface area contributed by atoms with Gasteiger partial charge in [-0.15, -0.1) is 0 Å². The van der Waals surface area contributed by atoms with Crippen LogP contribution >= 0.6 is 0 Å². The van der Waals surface area contributed by atoms with Crippen molar-refractivity contribution in [3.05, 3.63) is 119 Å². The van der Waals surface area contributed by atoms with Crippen molar-refractivity contribution in [2.45, 2.75) is 96.9 Å². The molecule has 0 saturated carbocycles. The molecule has 1 heterocycles. The Hall–Kier alpha value is -5.84. The van der Waals surface area contributed by atoms with E-state index in [1.807, 2.05) is 98.8 Å². The van der Waals surface area contributed by atoms with E-state index >= 15 is 0 Å². The van der Waals surface area contributed by atoms with Crippen LogP contribution in [0.25, 0.3) is 0 Å². The van der Waals surface area contributed by atoms with E-state index in [0.29, 0.717) is 22.9 Å². The lowest BCUT2D eigenvalue weighted by molar-refractivity contribution is -0.118. The van der Waals surface area contributed by atoms with Gasteiger partial charge in [-0.2, -0.15) is 0 Å². The highest BCUT2D eigenvalue weighted by Crippen LogP contribution is 2.52. The maximum absolute atomic E-state index is 14.0. The molecule has 0 spiro atoms. The zero-order valence-corrected chi connectivity index (χ0v) is 32.2. The smallest absolute Gasteiger partial charge is 0.408 e. The van der Waals surface area contributed by atoms with E-state index in [0.717, 1.165) is 22.3 Å². The minimum Gasteiger partial charge on any atom is -0.452 e. The molecule has 4 aromatic carbocycles. The molecular weight excluding hydrogens is 684 g/mol. The molecule has 1 aliphatic heterocycles. The fourth-order valence-electron chi connectivity index (χ4n) is 6.18. The van der Waals surface area contributed by atoms with Crippen LogP contribution in [0.4, 0.5) is 21.0 Å². The third kappa shape index (κ3) is 10.2. The first-order valence-electron chi connectivity index (χ1n) is 18.0. The summed E-state index contributed by atoms with van der Waals surface area (Å²) < 4.78 is 17.6. The summed E-state index contributed by atoms with van der Waals surface area (Å²) in [5.74, 6) is -0.144. The summed E-state index contributed by atoms with van der Waals surface area (Å²) >= 11 is 0. The van der Waals surface area contributed by atoms with Gasteiger partial charge in [-0.1, -0.05) is 98.8 Å². The molecular formula is C43H50N4O7. The normalized spacial score (nSPS) is 14.1. The van der Waals surface area contributed by atoms with Crippen molar-refractivity contribution in [1.29, 1.82) is 0 Å². The van der Waals surface area contributed by atoms with Crippen molar-refractivity contribution < 1.29 is 33.4 Å². The van der Waals surface area contributed by atoms with Crippen LogP contribution in [0, 0.1) is 0 Å². The Labute approximate surface area is 317 Å². The molecule has 1 aliphatic rings. The molecule has 0 radical (unpaired) electrons. The number of fused-ring (bicyclic) bond motifs is 2. The van der Waals surface area contributed by atoms with Crippen LogP contribution < -0.4 is 26.0 Å². The summed E-state index contributed by atoms with van der Waals surface area (Å²) in [7, 11) is 0. The molecule has 4 N–H and O–H groups in total. The van der Waals surface area contributed by atoms with Gasteiger partial charge in [-0.05, 0) is 64.8 Å². The topological polar surface area (TPSA) is 144 Å². The largest absolute Gasteiger partial charge is 0.452 e. The number of nitrogens with one attached hydrogen (secondary N) is 4. The molecule has 5 rings (SSSR count). The second-order valence-corrected chi connectivity index (χ2v) is 15.8. The maximum atomic E-state index is 14.0. The SMILES string of the molecule is CC(C)(C)OC(=O)N[C@@H](Cc1ccccc1)C(=O)Nc1cccc2c1Oc1c(NC(=O)[C@H](Cc3ccccc3)NC(=O)OC(C)(C)C)cccc1C2(C)C. The monoisotopic (exact) mass is 734 g/mol. The standard InChI is InChI=1S/C43H50N4O7/c1-41(2,3)53-39(50)46-33(25-27-17-11-9-12-18-27)37(48)44-31-23-15-21-29-35(31)52-36-30(43(29,7)8)22-16-24-32(36)45-38(49)34(26-28-19-13-10-14-20-28)47-40(51)54-42(4,5)6/h9-24,33-34H,25-26H2,1-8H3,(H,44,48)(H,45,49)(H,46,50)(H,47,51)/t33-,34-/m0/s1. The Kier molecular flexibility index (Phi) is 11.7. The van der Waals surface area contributed by atoms with Gasteiger partial charge in [0.2, 0.25) is 11.8 Å². The summed E-state index contributed by atoms with van der Waals surface area (Å²) in [6.07, 6.45) is -0.999. The fraction of sp³-hybridized carbons (Fsp3) is 0.349. The van der Waals surface area contributed by atoms with Gasteiger partial charge in [0.15, 0.2) is 11.5 Å². The quantitative estimate of drug-likeness (QED) is 0.128. The Morgan fingerprint density at radius 2 is 0.944 bits per heavy atom. The van der Waals surface area contributed by atoms with Crippen molar-refractivity contribution in [3.63, 3.8) is 0 Å². The Balaban J connectivity index is 1.43. The predicted molar refractivity (Wildman–Crippen MR) is 209 cm³/mol. The Morgan fingerprint density at radius 3 is 1.30 bits per heavy atom. The maximum Gasteiger partial charge on any atom is 0.408 e. The summed E-state index contributed by atoms with van der Waals surface area (Å²) in [4.78, 5) is 53.7. The molecule has 0 bridgehead atoms. The van der Waals surface area contributed by atoms with Gasteiger partial charge in [0.25, 0.3) is 0 Å². The number of alkyl carbamates (subject to hydrolysis) is 2. The van der Waals surface area contributed by atoms with Gasteiger partial charge in [-0.3, -0.25) is 9.59 Å². The van der Waals surface area contributed by atoms with Crippen molar-refractivity contribution in [2.24, 2.45) is 0 Å². The lowest BCUT2D eigenvalue weighted by Gasteiger charge is -2.36. The molecule has 2 atom stereocenters. The highest BCUT2D eigenvalue weighted by molar-refractivity contribution is 6.00. The predicted octanol–water partition coefficient (Wildman–Crippen LogP) is 8.27. The first-order chi connectivity index (χ1) is 25.4. The van der Waals surface area contributed by atoms with Gasteiger partial charge in [0, 0.05) is 29.4 Å². The number of carbonyl (C=O) groups is 4. The van der Waals surface area contributed by atoms with E-state index in [1.54, 1.807) is 53.7 Å². The third-order valence-corrected chi connectivity index (χ3v) is 8.68. The minimum absolute atomic E-state index is 0.216. The van der Waals surface area contributed by atoms with Crippen molar-refractivity contribution in [3.8, 4) is 11.5 Å². The van der Waals surface area contributed by atoms with Gasteiger partial charge >= 0.3 is 12.2 Å². The highest BCUT2D eigenvalue weighted by atomic mass is 16.6. The molecule has 0 fully saturated rings. The van der Waals surface area contributed by atoms with Crippen LogP contribution in [0.5, 0.6) is 11.5 Å². The molecule has 0 unspecified atom stereocenters. The van der Waals surface area contributed by atoms with Crippen LogP contribution in [-0.2, 0) is 37.3 Å². The number of ether oxygens (including phenoxy) is 3. The second kappa shape index (κ2) is 16.0. The molecule has 284 valence electrons. The Morgan fingerprint density at radius 1 is 0.574 bits per heavy atom. The summed E-state index contributed by atoms with van der Waals surface area (Å²) in [6, 6.07) is 27.8. The number of para-hydroxylation sites is 2. The van der Waals surface area contributed by atoms with Crippen molar-refractivity contribution >= 4 is 35.4 Å². The lowest BCUT2D eigenvalue weighted by Crippen LogP contribution is -2.47. The molecule has 11 heteroatoms. The number of hydrogen-bond acceptors (Lipinski definition) is 7. The number of carbonyl (C=O) groups excluding carboxylic acids is 4. The average molecular weight is 735 g/mol. The first-order valence-corrected chi connectivity index (χ1v) is 18.0. The molecule has 0 aromatic heterocycles. The van der Waals surface area contributed by atoms with E-state index in [1.165, 1.54) is 0 Å². The van der Waals surface area contributed by atoms with E-state index in [2.05, 4.69) is 21.3 Å². The molecule has 4 aromatic rings. The number of rotatable bonds is 10. The van der Waals surface area contributed by atoms with Gasteiger partial charge in [0.05, 0.1) is 11.4 Å². The minimum atomic E-state index is -0.976. The van der Waals surface area contributed by atoms with E-state index in [9.17, 15) is 19.2 Å². The molecule has 54 heavy (non-hydrogen) atoms. The molecule has 11 nitrogen and oxygen atoms in total. The third-order valence-electron chi connectivity index (χ3n) is 8.68. The summed E-state index contributed by atoms with van der Waals surface area (Å²) in [5, 5.41) is 11.5. The van der Waals surface area contributed by atoms with Crippen LogP contribution in [0.2, 0.25) is 0 Å². The van der Waals surface area contributed by atoms with Gasteiger partial charge in [-0.25, -0.2) is 9.59 Å². The van der Waals surface area contributed by atoms with E-state index in [-0.39, 0.29) is 12.8 Å². The first kappa shape index (κ1) is 39.4. The zero-order valence-electron chi connectivity index (χ0n) is 32.2. The summed E-state index contributed by atoms with van der Waals surface area (Å²) in [5.41, 5.74) is 1.94. The average Bonchev–Trinajstić information content (AvgIpc) is 3.08. The molecule has 0 aliphatic carbocycles. The lowest BCUT2D eigenvalue weighted by atomic mass is 9.75.